The minimum Gasteiger partial charge on any atom is -0.247 e. The molecule has 0 spiro atoms. The molecule has 0 radical (unpaired) electrons. The maximum absolute atomic E-state index is 13.9. The Bertz CT molecular complexity index is 1330. The molecule has 0 aliphatic heterocycles. The second-order valence-corrected chi connectivity index (χ2v) is 8.23. The van der Waals surface area contributed by atoms with Gasteiger partial charge in [0.1, 0.15) is 0 Å². The normalized spacial score (nSPS) is 13.3. The maximum atomic E-state index is 13.9. The van der Waals surface area contributed by atoms with Crippen molar-refractivity contribution in [3.63, 3.8) is 0 Å². The van der Waals surface area contributed by atoms with E-state index in [0.29, 0.717) is 16.7 Å². The third kappa shape index (κ3) is 4.36. The van der Waals surface area contributed by atoms with Crippen LogP contribution in [0.15, 0.2) is 143 Å². The van der Waals surface area contributed by atoms with Gasteiger partial charge in [0.25, 0.3) is 0 Å². The summed E-state index contributed by atoms with van der Waals surface area (Å²) in [5.41, 5.74) is -0.187. The highest BCUT2D eigenvalue weighted by Crippen LogP contribution is 2.21. The van der Waals surface area contributed by atoms with Gasteiger partial charge in [0, 0.05) is 0 Å². The van der Waals surface area contributed by atoms with Crippen molar-refractivity contribution in [2.45, 2.75) is 18.1 Å². The fourth-order valence-electron chi connectivity index (χ4n) is 4.43. The Kier molecular flexibility index (Phi) is 7.25. The third-order valence-electron chi connectivity index (χ3n) is 6.16. The van der Waals surface area contributed by atoms with Crippen LogP contribution in [0.5, 0.6) is 0 Å². The first-order valence-corrected chi connectivity index (χ1v) is 11.6. The summed E-state index contributed by atoms with van der Waals surface area (Å²) in [5, 5.41) is 0. The summed E-state index contributed by atoms with van der Waals surface area (Å²) < 4.78 is 3.22. The van der Waals surface area contributed by atoms with E-state index in [1.807, 2.05) is 91.0 Å². The van der Waals surface area contributed by atoms with E-state index in [9.17, 15) is 14.4 Å². The highest BCUT2D eigenvalue weighted by atomic mass is 16.2. The van der Waals surface area contributed by atoms with Crippen molar-refractivity contribution in [2.24, 2.45) is 0 Å². The Hall–Kier alpha value is -4.71. The molecule has 36 heavy (non-hydrogen) atoms. The second kappa shape index (κ2) is 10.7. The van der Waals surface area contributed by atoms with E-state index in [-0.39, 0.29) is 0 Å². The predicted octanol–water partition coefficient (Wildman–Crippen LogP) is 4.50. The van der Waals surface area contributed by atoms with Gasteiger partial charge in [0.2, 0.25) is 0 Å². The van der Waals surface area contributed by atoms with Gasteiger partial charge in [-0.25, -0.2) is 28.1 Å². The molecule has 0 saturated heterocycles. The molecule has 1 aromatic heterocycles. The molecule has 1 heterocycles. The molecule has 0 fully saturated rings. The Labute approximate surface area is 209 Å². The van der Waals surface area contributed by atoms with Gasteiger partial charge in [-0.3, -0.25) is 0 Å². The summed E-state index contributed by atoms with van der Waals surface area (Å²) in [6.45, 7) is 11.7. The number of allylic oxidation sites excluding steroid dienone is 3. The van der Waals surface area contributed by atoms with E-state index in [2.05, 4.69) is 19.7 Å². The lowest BCUT2D eigenvalue weighted by Gasteiger charge is -2.25. The fourth-order valence-corrected chi connectivity index (χ4v) is 4.43. The Morgan fingerprint density at radius 1 is 0.444 bits per heavy atom. The van der Waals surface area contributed by atoms with Gasteiger partial charge in [-0.05, 0) is 16.7 Å². The number of benzene rings is 3. The lowest BCUT2D eigenvalue weighted by molar-refractivity contribution is 0.436. The highest BCUT2D eigenvalue weighted by Gasteiger charge is 2.28. The number of hydrogen-bond donors (Lipinski definition) is 0. The van der Waals surface area contributed by atoms with Crippen LogP contribution in [0.2, 0.25) is 0 Å². The van der Waals surface area contributed by atoms with Crippen LogP contribution in [0.3, 0.4) is 0 Å². The molecular formula is C30H27N3O3. The summed E-state index contributed by atoms with van der Waals surface area (Å²) >= 11 is 0. The summed E-state index contributed by atoms with van der Waals surface area (Å²) in [7, 11) is 0. The van der Waals surface area contributed by atoms with Crippen LogP contribution in [0, 0.1) is 0 Å². The van der Waals surface area contributed by atoms with Crippen LogP contribution in [0.25, 0.3) is 0 Å². The van der Waals surface area contributed by atoms with E-state index >= 15 is 0 Å². The van der Waals surface area contributed by atoms with Crippen LogP contribution in [0.4, 0.5) is 0 Å². The molecule has 6 heteroatoms. The van der Waals surface area contributed by atoms with Crippen LogP contribution in [-0.4, -0.2) is 13.7 Å². The average molecular weight is 478 g/mol. The van der Waals surface area contributed by atoms with Crippen LogP contribution in [0.1, 0.15) is 34.8 Å². The zero-order valence-electron chi connectivity index (χ0n) is 19.8. The van der Waals surface area contributed by atoms with Gasteiger partial charge in [-0.2, -0.15) is 0 Å². The van der Waals surface area contributed by atoms with Crippen molar-refractivity contribution < 1.29 is 0 Å². The predicted molar refractivity (Wildman–Crippen MR) is 144 cm³/mol. The summed E-state index contributed by atoms with van der Waals surface area (Å²) in [4.78, 5) is 41.8. The van der Waals surface area contributed by atoms with Crippen molar-refractivity contribution in [3.05, 3.63) is 177 Å². The van der Waals surface area contributed by atoms with Crippen LogP contribution in [-0.2, 0) is 0 Å². The minimum atomic E-state index is -0.799. The molecule has 3 aromatic carbocycles. The van der Waals surface area contributed by atoms with Gasteiger partial charge in [-0.15, -0.1) is 19.7 Å². The van der Waals surface area contributed by atoms with Crippen molar-refractivity contribution in [1.29, 1.82) is 0 Å². The fraction of sp³-hybridized carbons (Fsp3) is 0.100. The quantitative estimate of drug-likeness (QED) is 0.334. The zero-order valence-corrected chi connectivity index (χ0v) is 19.8. The molecule has 4 aromatic rings. The first-order chi connectivity index (χ1) is 17.5. The number of hydrogen-bond acceptors (Lipinski definition) is 3. The van der Waals surface area contributed by atoms with Gasteiger partial charge in [-0.1, -0.05) is 109 Å². The van der Waals surface area contributed by atoms with Gasteiger partial charge < -0.3 is 0 Å². The van der Waals surface area contributed by atoms with Gasteiger partial charge in [0.15, 0.2) is 0 Å². The summed E-state index contributed by atoms with van der Waals surface area (Å²) in [6.07, 6.45) is 4.57. The molecule has 0 saturated carbocycles. The average Bonchev–Trinajstić information content (AvgIpc) is 2.92. The summed E-state index contributed by atoms with van der Waals surface area (Å²) in [5.74, 6) is 0. The van der Waals surface area contributed by atoms with Crippen molar-refractivity contribution in [2.75, 3.05) is 0 Å². The standard InChI is InChI=1S/C30H27N3O3/c1-4-25(22-16-10-7-11-17-22)31-28(34)32(26(5-2)23-18-12-8-13-19-23)30(36)33(29(31)35)27(6-3)24-20-14-9-15-21-24/h4-21,25-27H,1-3H2. The van der Waals surface area contributed by atoms with E-state index in [1.165, 1.54) is 18.2 Å². The summed E-state index contributed by atoms with van der Waals surface area (Å²) in [6, 6.07) is 24.9. The van der Waals surface area contributed by atoms with Gasteiger partial charge >= 0.3 is 17.1 Å². The lowest BCUT2D eigenvalue weighted by Crippen LogP contribution is -2.57. The van der Waals surface area contributed by atoms with Crippen molar-refractivity contribution in [3.8, 4) is 0 Å². The molecule has 6 nitrogen and oxygen atoms in total. The van der Waals surface area contributed by atoms with Gasteiger partial charge in [0.05, 0.1) is 18.1 Å². The molecule has 0 amide bonds. The number of rotatable bonds is 9. The monoisotopic (exact) mass is 477 g/mol. The first kappa shape index (κ1) is 24.4. The van der Waals surface area contributed by atoms with Crippen LogP contribution >= 0.6 is 0 Å². The molecule has 0 N–H and O–H groups in total. The third-order valence-corrected chi connectivity index (χ3v) is 6.16. The van der Waals surface area contributed by atoms with Crippen molar-refractivity contribution >= 4 is 0 Å². The Morgan fingerprint density at radius 2 is 0.667 bits per heavy atom. The topological polar surface area (TPSA) is 66.0 Å². The van der Waals surface area contributed by atoms with E-state index in [0.717, 1.165) is 13.7 Å². The molecule has 0 aliphatic rings. The van der Waals surface area contributed by atoms with E-state index < -0.39 is 35.2 Å². The molecule has 4 rings (SSSR count). The molecule has 3 atom stereocenters. The maximum Gasteiger partial charge on any atom is 0.338 e. The van der Waals surface area contributed by atoms with E-state index in [4.69, 9.17) is 0 Å². The minimum absolute atomic E-state index is 0.688. The smallest absolute Gasteiger partial charge is 0.247 e. The number of aromatic nitrogens is 3. The second-order valence-electron chi connectivity index (χ2n) is 8.23. The highest BCUT2D eigenvalue weighted by molar-refractivity contribution is 5.27. The molecule has 180 valence electrons. The Balaban J connectivity index is 2.12. The van der Waals surface area contributed by atoms with Crippen molar-refractivity contribution in [1.82, 2.24) is 13.7 Å². The molecule has 3 unspecified atom stereocenters. The molecule has 0 aliphatic carbocycles. The molecular weight excluding hydrogens is 450 g/mol. The zero-order chi connectivity index (χ0) is 25.7. The lowest BCUT2D eigenvalue weighted by atomic mass is 10.1. The Morgan fingerprint density at radius 3 is 0.861 bits per heavy atom. The van der Waals surface area contributed by atoms with E-state index in [1.54, 1.807) is 0 Å². The largest absolute Gasteiger partial charge is 0.338 e. The SMILES string of the molecule is C=CC(c1ccccc1)n1c(=O)n(C(C=C)c2ccccc2)c(=O)n(C(C=C)c2ccccc2)c1=O. The van der Waals surface area contributed by atoms with Crippen LogP contribution < -0.4 is 17.1 Å². The number of nitrogens with zero attached hydrogens (tertiary/aromatic N) is 3. The first-order valence-electron chi connectivity index (χ1n) is 11.6. The molecule has 0 bridgehead atoms.